The van der Waals surface area contributed by atoms with E-state index in [0.29, 0.717) is 6.42 Å². The number of carbonyl (C=O) groups excluding carboxylic acids is 1. The normalized spacial score (nSPS) is 24.5. The second-order valence-electron chi connectivity index (χ2n) is 3.42. The van der Waals surface area contributed by atoms with Crippen LogP contribution < -0.4 is 5.73 Å². The minimum Gasteiger partial charge on any atom is -0.370 e. The van der Waals surface area contributed by atoms with Crippen LogP contribution >= 0.6 is 11.8 Å². The average Bonchev–Trinajstić information content (AvgIpc) is 2.15. The number of nitrogens with zero attached hydrogens (tertiary/aromatic N) is 1. The Morgan fingerprint density at radius 1 is 1.69 bits per heavy atom. The Morgan fingerprint density at radius 3 is 3.08 bits per heavy atom. The molecule has 0 radical (unpaired) electrons. The van der Waals surface area contributed by atoms with Crippen LogP contribution in [-0.4, -0.2) is 41.4 Å². The predicted molar refractivity (Wildman–Crippen MR) is 56.8 cm³/mol. The maximum absolute atomic E-state index is 10.6. The van der Waals surface area contributed by atoms with Crippen molar-refractivity contribution in [2.24, 2.45) is 5.73 Å². The third-order valence-electron chi connectivity index (χ3n) is 2.35. The van der Waals surface area contributed by atoms with Gasteiger partial charge >= 0.3 is 0 Å². The highest BCUT2D eigenvalue weighted by molar-refractivity contribution is 8.00. The summed E-state index contributed by atoms with van der Waals surface area (Å²) < 4.78 is 0. The van der Waals surface area contributed by atoms with Crippen LogP contribution in [0, 0.1) is 0 Å². The van der Waals surface area contributed by atoms with Crippen molar-refractivity contribution in [3.8, 4) is 0 Å². The summed E-state index contributed by atoms with van der Waals surface area (Å²) in [5.74, 6) is 1.00. The van der Waals surface area contributed by atoms with Crippen molar-refractivity contribution in [2.45, 2.75) is 25.0 Å². The fourth-order valence-corrected chi connectivity index (χ4v) is 2.75. The number of nitrogens with two attached hydrogens (primary N) is 1. The standard InChI is InChI=1S/C9H18N2OS/c1-2-8-7-11(5-6-13-8)4-3-9(10)12/h8H,2-7H2,1H3,(H2,10,12). The van der Waals surface area contributed by atoms with Crippen LogP contribution in [-0.2, 0) is 4.79 Å². The van der Waals surface area contributed by atoms with Gasteiger partial charge in [-0.15, -0.1) is 0 Å². The van der Waals surface area contributed by atoms with Crippen molar-refractivity contribution in [3.05, 3.63) is 0 Å². The van der Waals surface area contributed by atoms with E-state index in [4.69, 9.17) is 5.73 Å². The van der Waals surface area contributed by atoms with E-state index in [1.807, 2.05) is 11.8 Å². The highest BCUT2D eigenvalue weighted by Gasteiger charge is 2.18. The Hall–Kier alpha value is -0.220. The molecule has 1 rings (SSSR count). The molecule has 4 heteroatoms. The van der Waals surface area contributed by atoms with Gasteiger partial charge in [-0.2, -0.15) is 11.8 Å². The molecule has 1 aliphatic heterocycles. The van der Waals surface area contributed by atoms with Crippen molar-refractivity contribution < 1.29 is 4.79 Å². The fourth-order valence-electron chi connectivity index (χ4n) is 1.50. The van der Waals surface area contributed by atoms with Crippen LogP contribution in [0.4, 0.5) is 0 Å². The van der Waals surface area contributed by atoms with Crippen molar-refractivity contribution >= 4 is 17.7 Å². The first kappa shape index (κ1) is 10.9. The van der Waals surface area contributed by atoms with Crippen molar-refractivity contribution in [1.82, 2.24) is 4.90 Å². The number of hydrogen-bond acceptors (Lipinski definition) is 3. The molecule has 0 aromatic heterocycles. The summed E-state index contributed by atoms with van der Waals surface area (Å²) in [5, 5.41) is 0.752. The number of rotatable bonds is 4. The first-order valence-electron chi connectivity index (χ1n) is 4.84. The van der Waals surface area contributed by atoms with Crippen LogP contribution in [0.5, 0.6) is 0 Å². The molecule has 1 heterocycles. The molecule has 3 nitrogen and oxygen atoms in total. The molecule has 1 saturated heterocycles. The van der Waals surface area contributed by atoms with Gasteiger partial charge in [-0.25, -0.2) is 0 Å². The Bertz CT molecular complexity index is 175. The van der Waals surface area contributed by atoms with E-state index in [9.17, 15) is 4.79 Å². The molecule has 76 valence electrons. The van der Waals surface area contributed by atoms with Crippen LogP contribution in [0.3, 0.4) is 0 Å². The minimum absolute atomic E-state index is 0.189. The molecule has 1 atom stereocenters. The van der Waals surface area contributed by atoms with Crippen LogP contribution in [0.2, 0.25) is 0 Å². The van der Waals surface area contributed by atoms with Gasteiger partial charge in [0.05, 0.1) is 0 Å². The van der Waals surface area contributed by atoms with Gasteiger partial charge in [0.1, 0.15) is 0 Å². The van der Waals surface area contributed by atoms with Gasteiger partial charge in [-0.3, -0.25) is 4.79 Å². The molecule has 13 heavy (non-hydrogen) atoms. The summed E-state index contributed by atoms with van der Waals surface area (Å²) in [4.78, 5) is 12.9. The van der Waals surface area contributed by atoms with Gasteiger partial charge in [-0.1, -0.05) is 6.92 Å². The molecule has 1 unspecified atom stereocenters. The number of primary amides is 1. The highest BCUT2D eigenvalue weighted by atomic mass is 32.2. The zero-order chi connectivity index (χ0) is 9.68. The van der Waals surface area contributed by atoms with E-state index in [1.165, 1.54) is 12.2 Å². The Morgan fingerprint density at radius 2 is 2.46 bits per heavy atom. The van der Waals surface area contributed by atoms with Gasteiger partial charge in [0, 0.05) is 37.1 Å². The maximum atomic E-state index is 10.6. The van der Waals surface area contributed by atoms with Crippen molar-refractivity contribution in [1.29, 1.82) is 0 Å². The Kier molecular flexibility index (Phi) is 4.59. The van der Waals surface area contributed by atoms with E-state index < -0.39 is 0 Å². The van der Waals surface area contributed by atoms with Gasteiger partial charge in [0.25, 0.3) is 0 Å². The van der Waals surface area contributed by atoms with Crippen molar-refractivity contribution in [2.75, 3.05) is 25.4 Å². The smallest absolute Gasteiger partial charge is 0.218 e. The second kappa shape index (κ2) is 5.50. The monoisotopic (exact) mass is 202 g/mol. The zero-order valence-corrected chi connectivity index (χ0v) is 8.98. The summed E-state index contributed by atoms with van der Waals surface area (Å²) in [7, 11) is 0. The summed E-state index contributed by atoms with van der Waals surface area (Å²) in [6.07, 6.45) is 1.72. The van der Waals surface area contributed by atoms with E-state index in [-0.39, 0.29) is 5.91 Å². The largest absolute Gasteiger partial charge is 0.370 e. The first-order chi connectivity index (χ1) is 6.22. The van der Waals surface area contributed by atoms with Crippen LogP contribution in [0.1, 0.15) is 19.8 Å². The lowest BCUT2D eigenvalue weighted by molar-refractivity contribution is -0.118. The maximum Gasteiger partial charge on any atom is 0.218 e. The van der Waals surface area contributed by atoms with E-state index in [2.05, 4.69) is 11.8 Å². The summed E-state index contributed by atoms with van der Waals surface area (Å²) in [5.41, 5.74) is 5.11. The molecular weight excluding hydrogens is 184 g/mol. The molecule has 0 aromatic carbocycles. The number of amides is 1. The predicted octanol–water partition coefficient (Wildman–Crippen LogP) is 0.689. The van der Waals surface area contributed by atoms with Crippen molar-refractivity contribution in [3.63, 3.8) is 0 Å². The summed E-state index contributed by atoms with van der Waals surface area (Å²) >= 11 is 2.04. The number of thioether (sulfide) groups is 1. The molecule has 1 fully saturated rings. The van der Waals surface area contributed by atoms with Gasteiger partial charge < -0.3 is 10.6 Å². The lowest BCUT2D eigenvalue weighted by atomic mass is 10.2. The topological polar surface area (TPSA) is 46.3 Å². The fraction of sp³-hybridized carbons (Fsp3) is 0.889. The number of carbonyl (C=O) groups is 1. The molecule has 2 N–H and O–H groups in total. The molecular formula is C9H18N2OS. The van der Waals surface area contributed by atoms with Crippen LogP contribution in [0.25, 0.3) is 0 Å². The molecule has 0 aliphatic carbocycles. The minimum atomic E-state index is -0.189. The Balaban J connectivity index is 2.21. The third kappa shape index (κ3) is 4.00. The van der Waals surface area contributed by atoms with E-state index in [0.717, 1.165) is 24.9 Å². The SMILES string of the molecule is CCC1CN(CCC(N)=O)CCS1. The zero-order valence-electron chi connectivity index (χ0n) is 8.16. The highest BCUT2D eigenvalue weighted by Crippen LogP contribution is 2.20. The summed E-state index contributed by atoms with van der Waals surface area (Å²) in [6.45, 7) is 5.28. The molecule has 0 bridgehead atoms. The first-order valence-corrected chi connectivity index (χ1v) is 5.89. The van der Waals surface area contributed by atoms with Gasteiger partial charge in [0.15, 0.2) is 0 Å². The van der Waals surface area contributed by atoms with Crippen LogP contribution in [0.15, 0.2) is 0 Å². The molecule has 1 aliphatic rings. The lowest BCUT2D eigenvalue weighted by Crippen LogP contribution is -2.39. The average molecular weight is 202 g/mol. The van der Waals surface area contributed by atoms with Gasteiger partial charge in [0.2, 0.25) is 5.91 Å². The Labute approximate surface area is 84.0 Å². The van der Waals surface area contributed by atoms with E-state index >= 15 is 0 Å². The molecule has 0 spiro atoms. The quantitative estimate of drug-likeness (QED) is 0.729. The lowest BCUT2D eigenvalue weighted by Gasteiger charge is -2.31. The van der Waals surface area contributed by atoms with Gasteiger partial charge in [-0.05, 0) is 6.42 Å². The second-order valence-corrected chi connectivity index (χ2v) is 4.83. The molecule has 0 aromatic rings. The number of hydrogen-bond donors (Lipinski definition) is 1. The summed E-state index contributed by atoms with van der Waals surface area (Å²) in [6, 6.07) is 0. The molecule has 1 amide bonds. The van der Waals surface area contributed by atoms with E-state index in [1.54, 1.807) is 0 Å². The third-order valence-corrected chi connectivity index (χ3v) is 3.72. The molecule has 0 saturated carbocycles.